The van der Waals surface area contributed by atoms with Gasteiger partial charge >= 0.3 is 0 Å². The van der Waals surface area contributed by atoms with E-state index in [0.29, 0.717) is 17.7 Å². The van der Waals surface area contributed by atoms with Gasteiger partial charge in [0, 0.05) is 24.0 Å². The Morgan fingerprint density at radius 2 is 2.00 bits per heavy atom. The SMILES string of the molecule is CC(C)c1nsc(Oc2ccc(CN)cc2)n1. The number of benzene rings is 1. The summed E-state index contributed by atoms with van der Waals surface area (Å²) in [5.74, 6) is 1.90. The predicted octanol–water partition coefficient (Wildman–Crippen LogP) is 2.91. The van der Waals surface area contributed by atoms with E-state index in [9.17, 15) is 0 Å². The van der Waals surface area contributed by atoms with Gasteiger partial charge in [-0.25, -0.2) is 0 Å². The normalized spacial score (nSPS) is 10.8. The van der Waals surface area contributed by atoms with Crippen molar-refractivity contribution >= 4 is 11.5 Å². The van der Waals surface area contributed by atoms with E-state index in [4.69, 9.17) is 10.5 Å². The van der Waals surface area contributed by atoms with E-state index in [1.165, 1.54) is 11.5 Å². The molecule has 0 amide bonds. The van der Waals surface area contributed by atoms with Gasteiger partial charge < -0.3 is 10.5 Å². The first-order valence-electron chi connectivity index (χ1n) is 5.49. The van der Waals surface area contributed by atoms with Gasteiger partial charge in [-0.3, -0.25) is 0 Å². The van der Waals surface area contributed by atoms with Crippen molar-refractivity contribution in [2.45, 2.75) is 26.3 Å². The molecule has 1 aromatic carbocycles. The third kappa shape index (κ3) is 3.01. The van der Waals surface area contributed by atoms with Crippen LogP contribution in [-0.2, 0) is 6.54 Å². The van der Waals surface area contributed by atoms with Crippen molar-refractivity contribution in [1.82, 2.24) is 9.36 Å². The third-order valence-corrected chi connectivity index (χ3v) is 2.91. The monoisotopic (exact) mass is 249 g/mol. The molecular weight excluding hydrogens is 234 g/mol. The lowest BCUT2D eigenvalue weighted by Crippen LogP contribution is -1.95. The lowest BCUT2D eigenvalue weighted by atomic mass is 10.2. The first kappa shape index (κ1) is 12.0. The molecule has 0 saturated carbocycles. The van der Waals surface area contributed by atoms with Crippen molar-refractivity contribution in [3.63, 3.8) is 0 Å². The Morgan fingerprint density at radius 1 is 1.29 bits per heavy atom. The molecule has 5 heteroatoms. The minimum Gasteiger partial charge on any atom is -0.430 e. The number of nitrogens with zero attached hydrogens (tertiary/aromatic N) is 2. The molecule has 0 aliphatic carbocycles. The molecule has 0 fully saturated rings. The molecule has 0 atom stereocenters. The van der Waals surface area contributed by atoms with E-state index < -0.39 is 0 Å². The summed E-state index contributed by atoms with van der Waals surface area (Å²) >= 11 is 1.27. The lowest BCUT2D eigenvalue weighted by molar-refractivity contribution is 0.476. The molecule has 0 aliphatic heterocycles. The van der Waals surface area contributed by atoms with Crippen LogP contribution in [0.1, 0.15) is 31.2 Å². The van der Waals surface area contributed by atoms with E-state index in [-0.39, 0.29) is 0 Å². The van der Waals surface area contributed by atoms with Crippen molar-refractivity contribution in [2.24, 2.45) is 5.73 Å². The maximum atomic E-state index is 5.61. The van der Waals surface area contributed by atoms with E-state index in [1.807, 2.05) is 24.3 Å². The second-order valence-electron chi connectivity index (χ2n) is 4.02. The highest BCUT2D eigenvalue weighted by Gasteiger charge is 2.09. The summed E-state index contributed by atoms with van der Waals surface area (Å²) in [6.07, 6.45) is 0. The van der Waals surface area contributed by atoms with Gasteiger partial charge in [0.1, 0.15) is 11.6 Å². The number of hydrogen-bond acceptors (Lipinski definition) is 5. The van der Waals surface area contributed by atoms with Crippen LogP contribution in [0.2, 0.25) is 0 Å². The van der Waals surface area contributed by atoms with Gasteiger partial charge in [-0.15, -0.1) is 0 Å². The summed E-state index contributed by atoms with van der Waals surface area (Å²) in [7, 11) is 0. The summed E-state index contributed by atoms with van der Waals surface area (Å²) in [4.78, 5) is 4.31. The fraction of sp³-hybridized carbons (Fsp3) is 0.333. The third-order valence-electron chi connectivity index (χ3n) is 2.30. The largest absolute Gasteiger partial charge is 0.430 e. The summed E-state index contributed by atoms with van der Waals surface area (Å²) < 4.78 is 9.84. The molecule has 1 aromatic heterocycles. The Bertz CT molecular complexity index is 479. The average Bonchev–Trinajstić information content (AvgIpc) is 2.79. The second kappa shape index (κ2) is 5.25. The van der Waals surface area contributed by atoms with Gasteiger partial charge in [0.2, 0.25) is 0 Å². The van der Waals surface area contributed by atoms with Gasteiger partial charge in [-0.05, 0) is 17.7 Å². The van der Waals surface area contributed by atoms with E-state index in [2.05, 4.69) is 23.2 Å². The zero-order valence-electron chi connectivity index (χ0n) is 9.88. The Kier molecular flexibility index (Phi) is 3.71. The van der Waals surface area contributed by atoms with Crippen LogP contribution in [0.3, 0.4) is 0 Å². The molecule has 0 aliphatic rings. The van der Waals surface area contributed by atoms with Crippen LogP contribution in [0.4, 0.5) is 0 Å². The number of hydrogen-bond donors (Lipinski definition) is 1. The maximum Gasteiger partial charge on any atom is 0.298 e. The highest BCUT2D eigenvalue weighted by molar-refractivity contribution is 7.07. The zero-order chi connectivity index (χ0) is 12.3. The highest BCUT2D eigenvalue weighted by Crippen LogP contribution is 2.25. The number of aromatic nitrogens is 2. The van der Waals surface area contributed by atoms with Crippen LogP contribution in [0, 0.1) is 0 Å². The van der Waals surface area contributed by atoms with Crippen molar-refractivity contribution in [3.05, 3.63) is 35.7 Å². The predicted molar refractivity (Wildman–Crippen MR) is 68.4 cm³/mol. The summed E-state index contributed by atoms with van der Waals surface area (Å²) in [5.41, 5.74) is 6.61. The molecule has 0 spiro atoms. The number of rotatable bonds is 4. The van der Waals surface area contributed by atoms with Crippen molar-refractivity contribution in [1.29, 1.82) is 0 Å². The van der Waals surface area contributed by atoms with Crippen LogP contribution in [0.25, 0.3) is 0 Å². The van der Waals surface area contributed by atoms with Crippen LogP contribution in [0.5, 0.6) is 10.9 Å². The molecule has 17 heavy (non-hydrogen) atoms. The maximum absolute atomic E-state index is 5.61. The van der Waals surface area contributed by atoms with Crippen LogP contribution < -0.4 is 10.5 Å². The lowest BCUT2D eigenvalue weighted by Gasteiger charge is -2.02. The molecule has 0 saturated heterocycles. The molecule has 2 N–H and O–H groups in total. The Hall–Kier alpha value is -1.46. The van der Waals surface area contributed by atoms with Crippen LogP contribution >= 0.6 is 11.5 Å². The van der Waals surface area contributed by atoms with E-state index in [0.717, 1.165) is 17.1 Å². The minimum atomic E-state index is 0.322. The van der Waals surface area contributed by atoms with Gasteiger partial charge in [0.15, 0.2) is 0 Å². The zero-order valence-corrected chi connectivity index (χ0v) is 10.7. The standard InChI is InChI=1S/C12H15N3OS/c1-8(2)11-14-12(17-15-11)16-10-5-3-9(7-13)4-6-10/h3-6,8H,7,13H2,1-2H3. The fourth-order valence-corrected chi connectivity index (χ4v) is 1.98. The first-order valence-corrected chi connectivity index (χ1v) is 6.27. The Morgan fingerprint density at radius 3 is 2.53 bits per heavy atom. The molecule has 0 unspecified atom stereocenters. The molecular formula is C12H15N3OS. The van der Waals surface area contributed by atoms with Crippen LogP contribution in [0.15, 0.2) is 24.3 Å². The molecule has 2 aromatic rings. The summed E-state index contributed by atoms with van der Waals surface area (Å²) in [6.45, 7) is 4.65. The molecule has 1 heterocycles. The molecule has 0 bridgehead atoms. The Balaban J connectivity index is 2.08. The fourth-order valence-electron chi connectivity index (χ4n) is 1.29. The smallest absolute Gasteiger partial charge is 0.298 e. The highest BCUT2D eigenvalue weighted by atomic mass is 32.1. The topological polar surface area (TPSA) is 61.0 Å². The number of ether oxygens (including phenoxy) is 1. The minimum absolute atomic E-state index is 0.322. The average molecular weight is 249 g/mol. The first-order chi connectivity index (χ1) is 8.19. The van der Waals surface area contributed by atoms with Crippen molar-refractivity contribution < 1.29 is 4.74 Å². The molecule has 0 radical (unpaired) electrons. The van der Waals surface area contributed by atoms with Crippen LogP contribution in [-0.4, -0.2) is 9.36 Å². The summed E-state index contributed by atoms with van der Waals surface area (Å²) in [5, 5.41) is 0.578. The van der Waals surface area contributed by atoms with E-state index >= 15 is 0 Å². The van der Waals surface area contributed by atoms with Gasteiger partial charge in [0.05, 0.1) is 0 Å². The van der Waals surface area contributed by atoms with Crippen molar-refractivity contribution in [3.8, 4) is 10.9 Å². The van der Waals surface area contributed by atoms with Gasteiger partial charge in [0.25, 0.3) is 5.19 Å². The quantitative estimate of drug-likeness (QED) is 0.905. The number of nitrogens with two attached hydrogens (primary N) is 1. The molecule has 4 nitrogen and oxygen atoms in total. The second-order valence-corrected chi connectivity index (χ2v) is 4.74. The molecule has 90 valence electrons. The summed E-state index contributed by atoms with van der Waals surface area (Å²) in [6, 6.07) is 7.66. The van der Waals surface area contributed by atoms with E-state index in [1.54, 1.807) is 0 Å². The molecule has 2 rings (SSSR count). The Labute approximate surface area is 105 Å². The van der Waals surface area contributed by atoms with Gasteiger partial charge in [-0.1, -0.05) is 26.0 Å². The van der Waals surface area contributed by atoms with Crippen molar-refractivity contribution in [2.75, 3.05) is 0 Å². The van der Waals surface area contributed by atoms with Gasteiger partial charge in [-0.2, -0.15) is 9.36 Å².